The topological polar surface area (TPSA) is 75.6 Å². The molecule has 6 nitrogen and oxygen atoms in total. The number of nitrogens with zero attached hydrogens (tertiary/aromatic N) is 2. The lowest BCUT2D eigenvalue weighted by Gasteiger charge is -2.13. The van der Waals surface area contributed by atoms with Crippen molar-refractivity contribution in [3.05, 3.63) is 41.7 Å². The third-order valence-corrected chi connectivity index (χ3v) is 3.48. The number of hydrogen-bond donors (Lipinski definition) is 2. The third-order valence-electron chi connectivity index (χ3n) is 3.48. The third kappa shape index (κ3) is 7.94. The molecule has 2 aromatic heterocycles. The van der Waals surface area contributed by atoms with Crippen LogP contribution in [-0.2, 0) is 13.0 Å². The Morgan fingerprint density at radius 3 is 2.60 bits per heavy atom. The van der Waals surface area contributed by atoms with E-state index in [4.69, 9.17) is 8.94 Å². The first kappa shape index (κ1) is 21.5. The largest absolute Gasteiger partial charge is 0.469 e. The SMILES string of the molecule is CC(C)CNC(=NCc1cc(C(C)C)no1)NCCc1ccco1.I. The van der Waals surface area contributed by atoms with E-state index in [0.717, 1.165) is 42.7 Å². The summed E-state index contributed by atoms with van der Waals surface area (Å²) in [4.78, 5) is 4.59. The van der Waals surface area contributed by atoms with Crippen molar-refractivity contribution < 1.29 is 8.94 Å². The molecule has 7 heteroatoms. The fraction of sp³-hybridized carbons (Fsp3) is 0.556. The van der Waals surface area contributed by atoms with E-state index in [-0.39, 0.29) is 24.0 Å². The van der Waals surface area contributed by atoms with Gasteiger partial charge < -0.3 is 19.6 Å². The maximum atomic E-state index is 5.34. The van der Waals surface area contributed by atoms with Gasteiger partial charge >= 0.3 is 0 Å². The average molecular weight is 460 g/mol. The molecule has 0 atom stereocenters. The second kappa shape index (κ2) is 11.2. The highest BCUT2D eigenvalue weighted by molar-refractivity contribution is 14.0. The molecule has 140 valence electrons. The number of guanidine groups is 1. The number of hydrogen-bond acceptors (Lipinski definition) is 4. The Bertz CT molecular complexity index is 621. The lowest BCUT2D eigenvalue weighted by molar-refractivity contribution is 0.376. The Morgan fingerprint density at radius 1 is 1.20 bits per heavy atom. The number of furan rings is 1. The molecule has 0 saturated heterocycles. The minimum absolute atomic E-state index is 0. The summed E-state index contributed by atoms with van der Waals surface area (Å²) in [7, 11) is 0. The van der Waals surface area contributed by atoms with Gasteiger partial charge in [0.25, 0.3) is 0 Å². The summed E-state index contributed by atoms with van der Waals surface area (Å²) in [6.07, 6.45) is 2.51. The van der Waals surface area contributed by atoms with Gasteiger partial charge in [-0.15, -0.1) is 24.0 Å². The smallest absolute Gasteiger partial charge is 0.191 e. The van der Waals surface area contributed by atoms with Gasteiger partial charge in [-0.05, 0) is 24.0 Å². The zero-order valence-electron chi connectivity index (χ0n) is 15.4. The molecule has 0 fully saturated rings. The van der Waals surface area contributed by atoms with E-state index in [0.29, 0.717) is 18.4 Å². The summed E-state index contributed by atoms with van der Waals surface area (Å²) in [5.41, 5.74) is 0.961. The Labute approximate surface area is 166 Å². The molecule has 0 aliphatic carbocycles. The first-order chi connectivity index (χ1) is 11.5. The summed E-state index contributed by atoms with van der Waals surface area (Å²) in [6, 6.07) is 5.84. The predicted molar refractivity (Wildman–Crippen MR) is 110 cm³/mol. The highest BCUT2D eigenvalue weighted by atomic mass is 127. The maximum Gasteiger partial charge on any atom is 0.191 e. The zero-order valence-corrected chi connectivity index (χ0v) is 17.7. The quantitative estimate of drug-likeness (QED) is 0.355. The van der Waals surface area contributed by atoms with Gasteiger partial charge in [-0.25, -0.2) is 4.99 Å². The lowest BCUT2D eigenvalue weighted by atomic mass is 10.1. The van der Waals surface area contributed by atoms with Crippen molar-refractivity contribution in [1.29, 1.82) is 0 Å². The molecule has 25 heavy (non-hydrogen) atoms. The molecular formula is C18H29IN4O2. The van der Waals surface area contributed by atoms with Crippen LogP contribution in [0.3, 0.4) is 0 Å². The molecule has 2 heterocycles. The van der Waals surface area contributed by atoms with Crippen molar-refractivity contribution in [2.45, 2.75) is 46.6 Å². The Kier molecular flexibility index (Phi) is 9.62. The highest BCUT2D eigenvalue weighted by Gasteiger charge is 2.08. The molecule has 2 aromatic rings. The second-order valence-electron chi connectivity index (χ2n) is 6.57. The van der Waals surface area contributed by atoms with Crippen molar-refractivity contribution in [1.82, 2.24) is 15.8 Å². The second-order valence-corrected chi connectivity index (χ2v) is 6.57. The van der Waals surface area contributed by atoms with Crippen LogP contribution in [0.5, 0.6) is 0 Å². The normalized spacial score (nSPS) is 11.7. The van der Waals surface area contributed by atoms with Crippen LogP contribution in [0.25, 0.3) is 0 Å². The van der Waals surface area contributed by atoms with Gasteiger partial charge in [-0.2, -0.15) is 0 Å². The molecular weight excluding hydrogens is 431 g/mol. The maximum absolute atomic E-state index is 5.34. The van der Waals surface area contributed by atoms with Crippen molar-refractivity contribution >= 4 is 29.9 Å². The minimum Gasteiger partial charge on any atom is -0.469 e. The Balaban J connectivity index is 0.00000312. The minimum atomic E-state index is 0. The summed E-state index contributed by atoms with van der Waals surface area (Å²) in [6.45, 7) is 10.6. The number of rotatable bonds is 8. The van der Waals surface area contributed by atoms with Gasteiger partial charge in [0.05, 0.1) is 12.0 Å². The van der Waals surface area contributed by atoms with Gasteiger partial charge in [-0.3, -0.25) is 0 Å². The van der Waals surface area contributed by atoms with E-state index < -0.39 is 0 Å². The fourth-order valence-corrected chi connectivity index (χ4v) is 2.07. The van der Waals surface area contributed by atoms with E-state index in [2.05, 4.69) is 48.5 Å². The fourth-order valence-electron chi connectivity index (χ4n) is 2.07. The van der Waals surface area contributed by atoms with Crippen LogP contribution in [0.15, 0.2) is 38.4 Å². The van der Waals surface area contributed by atoms with Gasteiger partial charge in [0, 0.05) is 25.6 Å². The van der Waals surface area contributed by atoms with Crippen LogP contribution in [0, 0.1) is 5.92 Å². The van der Waals surface area contributed by atoms with Crippen LogP contribution < -0.4 is 10.6 Å². The van der Waals surface area contributed by atoms with Crippen LogP contribution in [0.2, 0.25) is 0 Å². The number of aliphatic imine (C=N–C) groups is 1. The first-order valence-electron chi connectivity index (χ1n) is 8.54. The van der Waals surface area contributed by atoms with Gasteiger partial charge in [0.15, 0.2) is 11.7 Å². The Hall–Kier alpha value is -1.51. The standard InChI is InChI=1S/C18H28N4O2.HI/c1-13(2)11-20-18(19-8-7-15-6-5-9-23-15)21-12-16-10-17(14(3)4)22-24-16;/h5-6,9-10,13-14H,7-8,11-12H2,1-4H3,(H2,19,20,21);1H. The van der Waals surface area contributed by atoms with E-state index in [1.807, 2.05) is 18.2 Å². The highest BCUT2D eigenvalue weighted by Crippen LogP contribution is 2.14. The molecule has 0 spiro atoms. The first-order valence-corrected chi connectivity index (χ1v) is 8.54. The molecule has 0 radical (unpaired) electrons. The summed E-state index contributed by atoms with van der Waals surface area (Å²) in [5, 5.41) is 10.7. The van der Waals surface area contributed by atoms with Crippen molar-refractivity contribution in [3.8, 4) is 0 Å². The van der Waals surface area contributed by atoms with E-state index in [9.17, 15) is 0 Å². The molecule has 0 aliphatic rings. The number of nitrogens with one attached hydrogen (secondary N) is 2. The predicted octanol–water partition coefficient (Wildman–Crippen LogP) is 3.94. The molecule has 0 unspecified atom stereocenters. The van der Waals surface area contributed by atoms with Crippen LogP contribution in [0.1, 0.15) is 50.8 Å². The van der Waals surface area contributed by atoms with Crippen molar-refractivity contribution in [2.75, 3.05) is 13.1 Å². The van der Waals surface area contributed by atoms with Crippen LogP contribution in [-0.4, -0.2) is 24.2 Å². The average Bonchev–Trinajstić information content (AvgIpc) is 3.20. The van der Waals surface area contributed by atoms with Crippen molar-refractivity contribution in [3.63, 3.8) is 0 Å². The van der Waals surface area contributed by atoms with Gasteiger partial charge in [-0.1, -0.05) is 32.9 Å². The summed E-state index contributed by atoms with van der Waals surface area (Å²) >= 11 is 0. The van der Waals surface area contributed by atoms with Gasteiger partial charge in [0.2, 0.25) is 0 Å². The summed E-state index contributed by atoms with van der Waals surface area (Å²) in [5.74, 6) is 3.41. The molecule has 0 aromatic carbocycles. The number of halogens is 1. The van der Waals surface area contributed by atoms with E-state index in [1.54, 1.807) is 6.26 Å². The molecule has 2 N–H and O–H groups in total. The van der Waals surface area contributed by atoms with E-state index >= 15 is 0 Å². The molecule has 0 saturated carbocycles. The van der Waals surface area contributed by atoms with Crippen LogP contribution in [0.4, 0.5) is 0 Å². The summed E-state index contributed by atoms with van der Waals surface area (Å²) < 4.78 is 10.7. The van der Waals surface area contributed by atoms with E-state index in [1.165, 1.54) is 0 Å². The monoisotopic (exact) mass is 460 g/mol. The lowest BCUT2D eigenvalue weighted by Crippen LogP contribution is -2.40. The molecule has 0 aliphatic heterocycles. The zero-order chi connectivity index (χ0) is 17.4. The number of aromatic nitrogens is 1. The Morgan fingerprint density at radius 2 is 2.00 bits per heavy atom. The van der Waals surface area contributed by atoms with Crippen LogP contribution >= 0.6 is 24.0 Å². The van der Waals surface area contributed by atoms with Crippen molar-refractivity contribution in [2.24, 2.45) is 10.9 Å². The molecule has 0 amide bonds. The molecule has 2 rings (SSSR count). The molecule has 0 bridgehead atoms. The van der Waals surface area contributed by atoms with Gasteiger partial charge in [0.1, 0.15) is 12.3 Å².